The number of halogens is 2. The molecule has 3 heteroatoms. The Morgan fingerprint density at radius 3 is 2.08 bits per heavy atom. The van der Waals surface area contributed by atoms with Gasteiger partial charge in [-0.2, -0.15) is 8.78 Å². The van der Waals surface area contributed by atoms with Crippen molar-refractivity contribution < 1.29 is 13.5 Å². The maximum absolute atomic E-state index is 11.7. The highest BCUT2D eigenvalue weighted by Crippen LogP contribution is 2.19. The molecular weight excluding hydrogens is 162 g/mol. The van der Waals surface area contributed by atoms with Crippen molar-refractivity contribution in [2.24, 2.45) is 11.8 Å². The molecule has 0 saturated heterocycles. The largest absolute Gasteiger partial charge is 0.345 e. The smallest absolute Gasteiger partial charge is 0.323 e. The van der Waals surface area contributed by atoms with E-state index in [4.69, 9.17) is 0 Å². The molecule has 0 spiro atoms. The van der Waals surface area contributed by atoms with E-state index in [0.29, 0.717) is 5.92 Å². The number of alkyl halides is 2. The molecule has 0 aromatic carbocycles. The van der Waals surface area contributed by atoms with Crippen molar-refractivity contribution in [2.45, 2.75) is 40.2 Å². The SMILES string of the molecule is CCC(C)[C@@H](CC)COC(F)F. The lowest BCUT2D eigenvalue weighted by Crippen LogP contribution is -2.18. The zero-order chi connectivity index (χ0) is 9.56. The molecule has 12 heavy (non-hydrogen) atoms. The molecule has 0 bridgehead atoms. The molecule has 74 valence electrons. The van der Waals surface area contributed by atoms with Crippen LogP contribution in [0.3, 0.4) is 0 Å². The second-order valence-electron chi connectivity index (χ2n) is 3.15. The summed E-state index contributed by atoms with van der Waals surface area (Å²) in [6.07, 6.45) is 1.92. The Balaban J connectivity index is 3.67. The highest BCUT2D eigenvalue weighted by atomic mass is 19.3. The van der Waals surface area contributed by atoms with E-state index >= 15 is 0 Å². The number of rotatable bonds is 6. The van der Waals surface area contributed by atoms with Gasteiger partial charge in [0.05, 0.1) is 6.61 Å². The molecule has 1 nitrogen and oxygen atoms in total. The van der Waals surface area contributed by atoms with Crippen molar-refractivity contribution in [1.29, 1.82) is 0 Å². The van der Waals surface area contributed by atoms with Gasteiger partial charge in [0.2, 0.25) is 0 Å². The maximum atomic E-state index is 11.7. The van der Waals surface area contributed by atoms with E-state index in [9.17, 15) is 8.78 Å². The Morgan fingerprint density at radius 2 is 1.75 bits per heavy atom. The van der Waals surface area contributed by atoms with E-state index in [1.54, 1.807) is 0 Å². The normalized spacial score (nSPS) is 16.5. The van der Waals surface area contributed by atoms with Gasteiger partial charge in [0.25, 0.3) is 0 Å². The minimum Gasteiger partial charge on any atom is -0.323 e. The lowest BCUT2D eigenvalue weighted by Gasteiger charge is -2.20. The van der Waals surface area contributed by atoms with Crippen molar-refractivity contribution in [2.75, 3.05) is 6.61 Å². The average Bonchev–Trinajstić information content (AvgIpc) is 2.04. The third-order valence-corrected chi connectivity index (χ3v) is 2.41. The highest BCUT2D eigenvalue weighted by molar-refractivity contribution is 4.62. The average molecular weight is 180 g/mol. The van der Waals surface area contributed by atoms with Crippen molar-refractivity contribution in [1.82, 2.24) is 0 Å². The van der Waals surface area contributed by atoms with Crippen LogP contribution in [0.25, 0.3) is 0 Å². The summed E-state index contributed by atoms with van der Waals surface area (Å²) in [5, 5.41) is 0. The van der Waals surface area contributed by atoms with Crippen LogP contribution in [0.2, 0.25) is 0 Å². The lowest BCUT2D eigenvalue weighted by molar-refractivity contribution is -0.141. The summed E-state index contributed by atoms with van der Waals surface area (Å²) in [5.41, 5.74) is 0. The Kier molecular flexibility index (Phi) is 6.25. The van der Waals surface area contributed by atoms with Crippen LogP contribution in [0.15, 0.2) is 0 Å². The first-order valence-corrected chi connectivity index (χ1v) is 4.51. The van der Waals surface area contributed by atoms with Crippen LogP contribution in [0.4, 0.5) is 8.78 Å². The first kappa shape index (κ1) is 11.8. The molecule has 0 aliphatic carbocycles. The number of hydrogen-bond acceptors (Lipinski definition) is 1. The van der Waals surface area contributed by atoms with Gasteiger partial charge in [0.15, 0.2) is 0 Å². The Hall–Kier alpha value is -0.180. The molecule has 0 radical (unpaired) electrons. The second kappa shape index (κ2) is 6.35. The summed E-state index contributed by atoms with van der Waals surface area (Å²) in [6, 6.07) is 0. The molecule has 0 fully saturated rings. The zero-order valence-electron chi connectivity index (χ0n) is 8.02. The summed E-state index contributed by atoms with van der Waals surface area (Å²) in [4.78, 5) is 0. The van der Waals surface area contributed by atoms with Crippen LogP contribution in [0.5, 0.6) is 0 Å². The van der Waals surface area contributed by atoms with E-state index in [-0.39, 0.29) is 12.5 Å². The molecule has 0 saturated carbocycles. The van der Waals surface area contributed by atoms with Crippen molar-refractivity contribution >= 4 is 0 Å². The van der Waals surface area contributed by atoms with Gasteiger partial charge >= 0.3 is 6.61 Å². The monoisotopic (exact) mass is 180 g/mol. The fourth-order valence-corrected chi connectivity index (χ4v) is 1.21. The lowest BCUT2D eigenvalue weighted by atomic mass is 9.90. The van der Waals surface area contributed by atoms with Gasteiger partial charge in [-0.1, -0.05) is 33.6 Å². The molecule has 0 rings (SSSR count). The summed E-state index contributed by atoms with van der Waals surface area (Å²) in [5.74, 6) is 0.734. The first-order chi connectivity index (χ1) is 5.61. The molecule has 0 N–H and O–H groups in total. The highest BCUT2D eigenvalue weighted by Gasteiger charge is 2.15. The molecule has 0 heterocycles. The molecule has 1 unspecified atom stereocenters. The predicted octanol–water partition coefficient (Wildman–Crippen LogP) is 3.30. The number of hydrogen-bond donors (Lipinski definition) is 0. The van der Waals surface area contributed by atoms with Crippen molar-refractivity contribution in [3.8, 4) is 0 Å². The van der Waals surface area contributed by atoms with Gasteiger partial charge in [-0.15, -0.1) is 0 Å². The van der Waals surface area contributed by atoms with Gasteiger partial charge in [0, 0.05) is 0 Å². The standard InChI is InChI=1S/C9H18F2O/c1-4-7(3)8(5-2)6-12-9(10)11/h7-9H,4-6H2,1-3H3/t7?,8-/m0/s1. The molecule has 0 aromatic heterocycles. The fourth-order valence-electron chi connectivity index (χ4n) is 1.21. The van der Waals surface area contributed by atoms with Crippen LogP contribution in [0.1, 0.15) is 33.6 Å². The van der Waals surface area contributed by atoms with Crippen LogP contribution in [0, 0.1) is 11.8 Å². The summed E-state index contributed by atoms with van der Waals surface area (Å²) < 4.78 is 27.6. The number of ether oxygens (including phenoxy) is 1. The third kappa shape index (κ3) is 4.65. The predicted molar refractivity (Wildman–Crippen MR) is 45.2 cm³/mol. The van der Waals surface area contributed by atoms with E-state index in [2.05, 4.69) is 18.6 Å². The molecule has 0 aromatic rings. The minimum absolute atomic E-state index is 0.184. The van der Waals surface area contributed by atoms with Gasteiger partial charge < -0.3 is 4.74 Å². The van der Waals surface area contributed by atoms with Crippen LogP contribution >= 0.6 is 0 Å². The molecule has 0 aliphatic heterocycles. The molecule has 0 amide bonds. The minimum atomic E-state index is -2.62. The summed E-state index contributed by atoms with van der Waals surface area (Å²) in [7, 11) is 0. The van der Waals surface area contributed by atoms with Crippen molar-refractivity contribution in [3.05, 3.63) is 0 Å². The topological polar surface area (TPSA) is 9.23 Å². The Morgan fingerprint density at radius 1 is 1.17 bits per heavy atom. The molecule has 0 aliphatic rings. The van der Waals surface area contributed by atoms with E-state index in [1.165, 1.54) is 0 Å². The molecular formula is C9H18F2O. The van der Waals surface area contributed by atoms with Gasteiger partial charge in [-0.3, -0.25) is 0 Å². The van der Waals surface area contributed by atoms with Gasteiger partial charge in [0.1, 0.15) is 0 Å². The van der Waals surface area contributed by atoms with Crippen LogP contribution in [-0.2, 0) is 4.74 Å². The zero-order valence-corrected chi connectivity index (χ0v) is 8.02. The quantitative estimate of drug-likeness (QED) is 0.609. The summed E-state index contributed by atoms with van der Waals surface area (Å²) >= 11 is 0. The van der Waals surface area contributed by atoms with Crippen LogP contribution < -0.4 is 0 Å². The Labute approximate surface area is 73.1 Å². The van der Waals surface area contributed by atoms with Crippen molar-refractivity contribution in [3.63, 3.8) is 0 Å². The van der Waals surface area contributed by atoms with E-state index < -0.39 is 6.61 Å². The fraction of sp³-hybridized carbons (Fsp3) is 1.00. The van der Waals surface area contributed by atoms with Crippen LogP contribution in [-0.4, -0.2) is 13.2 Å². The molecule has 2 atom stereocenters. The van der Waals surface area contributed by atoms with E-state index in [0.717, 1.165) is 12.8 Å². The van der Waals surface area contributed by atoms with Gasteiger partial charge in [-0.25, -0.2) is 0 Å². The second-order valence-corrected chi connectivity index (χ2v) is 3.15. The maximum Gasteiger partial charge on any atom is 0.345 e. The van der Waals surface area contributed by atoms with Gasteiger partial charge in [-0.05, 0) is 11.8 Å². The first-order valence-electron chi connectivity index (χ1n) is 4.51. The Bertz CT molecular complexity index is 107. The van der Waals surface area contributed by atoms with E-state index in [1.807, 2.05) is 6.92 Å². The summed E-state index contributed by atoms with van der Waals surface area (Å²) in [6.45, 7) is 3.70. The third-order valence-electron chi connectivity index (χ3n) is 2.41.